The molecule has 4 atom stereocenters. The Kier molecular flexibility index (Phi) is 10.6. The van der Waals surface area contributed by atoms with E-state index in [-0.39, 0.29) is 29.0 Å². The fraction of sp³-hybridized carbons (Fsp3) is 0.394. The summed E-state index contributed by atoms with van der Waals surface area (Å²) in [5, 5.41) is 8.62. The molecule has 3 aromatic rings. The van der Waals surface area contributed by atoms with Gasteiger partial charge in [-0.05, 0) is 80.1 Å². The molecule has 13 heteroatoms. The van der Waals surface area contributed by atoms with E-state index in [0.717, 1.165) is 7.11 Å². The monoisotopic (exact) mass is 674 g/mol. The molecule has 2 fully saturated rings. The summed E-state index contributed by atoms with van der Waals surface area (Å²) in [6.07, 6.45) is 0.822. The summed E-state index contributed by atoms with van der Waals surface area (Å²) in [6.45, 7) is 2.81. The van der Waals surface area contributed by atoms with Crippen molar-refractivity contribution in [3.8, 4) is 0 Å². The van der Waals surface area contributed by atoms with E-state index in [4.69, 9.17) is 16.3 Å². The third-order valence-electron chi connectivity index (χ3n) is 8.45. The van der Waals surface area contributed by atoms with Crippen LogP contribution in [0, 0.1) is 11.6 Å². The number of hydrogen-bond acceptors (Lipinski definition) is 6. The molecule has 1 saturated carbocycles. The molecule has 3 aromatic carbocycles. The molecule has 2 amide bonds. The minimum Gasteiger partial charge on any atom is -0.453 e. The number of halogens is 3. The third kappa shape index (κ3) is 7.68. The molecule has 0 spiro atoms. The Morgan fingerprint density at radius 1 is 1.04 bits per heavy atom. The first-order valence-corrected chi connectivity index (χ1v) is 17.0. The van der Waals surface area contributed by atoms with Gasteiger partial charge in [-0.25, -0.2) is 22.0 Å². The minimum absolute atomic E-state index is 0.134. The van der Waals surface area contributed by atoms with Crippen LogP contribution in [0.2, 0.25) is 5.02 Å². The average molecular weight is 675 g/mol. The topological polar surface area (TPSA) is 117 Å². The van der Waals surface area contributed by atoms with E-state index < -0.39 is 51.7 Å². The van der Waals surface area contributed by atoms with E-state index >= 15 is 4.39 Å². The molecule has 1 aliphatic heterocycles. The first-order chi connectivity index (χ1) is 22.0. The maximum Gasteiger partial charge on any atom is 0.407 e. The summed E-state index contributed by atoms with van der Waals surface area (Å²) < 4.78 is 62.8. The van der Waals surface area contributed by atoms with E-state index in [1.165, 1.54) is 30.3 Å². The van der Waals surface area contributed by atoms with Crippen LogP contribution in [0.4, 0.5) is 19.3 Å². The Morgan fingerprint density at radius 2 is 1.74 bits per heavy atom. The van der Waals surface area contributed by atoms with Crippen LogP contribution in [0.15, 0.2) is 66.7 Å². The van der Waals surface area contributed by atoms with Gasteiger partial charge in [0.05, 0.1) is 12.4 Å². The standard InChI is InChI=1S/C33H37ClF2N4O5S/c1-20-18-37-19-25(40(20)46(43,44)26-13-14-26)12-15-27-28(36)10-5-11-29(27)38-32(41)31(39-33(42)45-2)30(21-6-3-8-23(34)16-21)22-7-4-9-24(35)17-22/h3-11,16-17,20,25-26,30-31,37H,12-15,18-19H2,1-2H3,(H,38,41)(H,39,42)/t20-,25-,30-,31-/m0/s1. The largest absolute Gasteiger partial charge is 0.453 e. The molecular weight excluding hydrogens is 638 g/mol. The molecule has 246 valence electrons. The van der Waals surface area contributed by atoms with Gasteiger partial charge >= 0.3 is 6.09 Å². The SMILES string of the molecule is COC(=O)N[C@H](C(=O)Nc1cccc(F)c1CC[C@H]1CNC[C@H](C)N1S(=O)(=O)C1CC1)[C@H](c1cccc(F)c1)c1cccc(Cl)c1. The third-order valence-corrected chi connectivity index (χ3v) is 11.2. The fourth-order valence-electron chi connectivity index (χ4n) is 6.14. The maximum absolute atomic E-state index is 15.4. The molecule has 9 nitrogen and oxygen atoms in total. The molecule has 0 unspecified atom stereocenters. The number of amides is 2. The zero-order valence-corrected chi connectivity index (χ0v) is 27.1. The molecule has 1 aliphatic carbocycles. The lowest BCUT2D eigenvalue weighted by atomic mass is 9.84. The highest BCUT2D eigenvalue weighted by molar-refractivity contribution is 7.90. The zero-order valence-electron chi connectivity index (χ0n) is 25.5. The van der Waals surface area contributed by atoms with Crippen molar-refractivity contribution in [3.63, 3.8) is 0 Å². The summed E-state index contributed by atoms with van der Waals surface area (Å²) in [4.78, 5) is 26.6. The number of carbonyl (C=O) groups excluding carboxylic acids is 2. The van der Waals surface area contributed by atoms with E-state index in [0.29, 0.717) is 48.5 Å². The Bertz CT molecular complexity index is 1640. The predicted molar refractivity (Wildman–Crippen MR) is 172 cm³/mol. The zero-order chi connectivity index (χ0) is 33.0. The predicted octanol–water partition coefficient (Wildman–Crippen LogP) is 5.20. The molecule has 0 bridgehead atoms. The molecule has 0 radical (unpaired) electrons. The first kappa shape index (κ1) is 33.8. The van der Waals surface area contributed by atoms with Crippen molar-refractivity contribution < 1.29 is 31.5 Å². The Hall–Kier alpha value is -3.58. The summed E-state index contributed by atoms with van der Waals surface area (Å²) in [7, 11) is -2.33. The molecule has 2 aliphatic rings. The summed E-state index contributed by atoms with van der Waals surface area (Å²) in [6, 6.07) is 14.6. The lowest BCUT2D eigenvalue weighted by Gasteiger charge is -2.40. The van der Waals surface area contributed by atoms with Crippen LogP contribution >= 0.6 is 11.6 Å². The number of methoxy groups -OCH3 is 1. The summed E-state index contributed by atoms with van der Waals surface area (Å²) in [5.41, 5.74) is 1.26. The molecule has 1 saturated heterocycles. The number of sulfonamides is 1. The number of benzene rings is 3. The fourth-order valence-corrected chi connectivity index (χ4v) is 8.59. The molecule has 0 aromatic heterocycles. The number of hydrogen-bond donors (Lipinski definition) is 3. The van der Waals surface area contributed by atoms with Crippen molar-refractivity contribution in [2.75, 3.05) is 25.5 Å². The molecule has 46 heavy (non-hydrogen) atoms. The molecule has 1 heterocycles. The second kappa shape index (κ2) is 14.5. The number of carbonyl (C=O) groups is 2. The van der Waals surface area contributed by atoms with Gasteiger partial charge in [0.25, 0.3) is 0 Å². The van der Waals surface area contributed by atoms with E-state index in [2.05, 4.69) is 16.0 Å². The van der Waals surface area contributed by atoms with Gasteiger partial charge in [-0.2, -0.15) is 4.31 Å². The van der Waals surface area contributed by atoms with Crippen LogP contribution in [0.5, 0.6) is 0 Å². The van der Waals surface area contributed by atoms with Gasteiger partial charge in [0, 0.05) is 47.4 Å². The highest BCUT2D eigenvalue weighted by Crippen LogP contribution is 2.35. The van der Waals surface area contributed by atoms with Crippen molar-refractivity contribution in [2.45, 2.75) is 61.9 Å². The van der Waals surface area contributed by atoms with Crippen LogP contribution in [-0.2, 0) is 26.0 Å². The van der Waals surface area contributed by atoms with Crippen LogP contribution in [0.3, 0.4) is 0 Å². The smallest absolute Gasteiger partial charge is 0.407 e. The van der Waals surface area contributed by atoms with E-state index in [1.807, 2.05) is 6.92 Å². The number of alkyl carbamates (subject to hydrolysis) is 1. The van der Waals surface area contributed by atoms with Crippen LogP contribution in [0.1, 0.15) is 48.8 Å². The minimum atomic E-state index is -3.48. The van der Waals surface area contributed by atoms with Crippen molar-refractivity contribution >= 4 is 39.3 Å². The average Bonchev–Trinajstić information content (AvgIpc) is 3.87. The van der Waals surface area contributed by atoms with Crippen molar-refractivity contribution in [1.82, 2.24) is 14.9 Å². The van der Waals surface area contributed by atoms with Crippen molar-refractivity contribution in [3.05, 3.63) is 100 Å². The second-order valence-corrected chi connectivity index (χ2v) is 14.3. The van der Waals surface area contributed by atoms with E-state index in [1.54, 1.807) is 40.7 Å². The van der Waals surface area contributed by atoms with Gasteiger partial charge in [-0.1, -0.05) is 41.9 Å². The quantitative estimate of drug-likeness (QED) is 0.258. The molecular formula is C33H37ClF2N4O5S. The van der Waals surface area contributed by atoms with Gasteiger partial charge in [0.15, 0.2) is 0 Å². The first-order valence-electron chi connectivity index (χ1n) is 15.2. The highest BCUT2D eigenvalue weighted by Gasteiger charge is 2.45. The summed E-state index contributed by atoms with van der Waals surface area (Å²) >= 11 is 6.29. The highest BCUT2D eigenvalue weighted by atomic mass is 35.5. The van der Waals surface area contributed by atoms with Crippen LogP contribution in [0.25, 0.3) is 0 Å². The number of rotatable bonds is 11. The maximum atomic E-state index is 15.4. The van der Waals surface area contributed by atoms with Gasteiger partial charge in [-0.15, -0.1) is 0 Å². The normalized spacial score (nSPS) is 20.0. The molecule has 3 N–H and O–H groups in total. The number of nitrogens with zero attached hydrogens (tertiary/aromatic N) is 1. The number of anilines is 1. The van der Waals surface area contributed by atoms with Gasteiger partial charge in [-0.3, -0.25) is 4.79 Å². The Labute approximate surface area is 272 Å². The lowest BCUT2D eigenvalue weighted by molar-refractivity contribution is -0.118. The number of piperazine rings is 1. The van der Waals surface area contributed by atoms with Crippen LogP contribution < -0.4 is 16.0 Å². The Morgan fingerprint density at radius 3 is 2.41 bits per heavy atom. The van der Waals surface area contributed by atoms with Gasteiger partial charge in [0.2, 0.25) is 15.9 Å². The van der Waals surface area contributed by atoms with Crippen LogP contribution in [-0.4, -0.2) is 68.3 Å². The number of ether oxygens (including phenoxy) is 1. The summed E-state index contributed by atoms with van der Waals surface area (Å²) in [5.74, 6) is -2.74. The van der Waals surface area contributed by atoms with Crippen molar-refractivity contribution in [2.24, 2.45) is 0 Å². The second-order valence-electron chi connectivity index (χ2n) is 11.7. The Balaban J connectivity index is 1.45. The van der Waals surface area contributed by atoms with Gasteiger partial charge < -0.3 is 20.7 Å². The lowest BCUT2D eigenvalue weighted by Crippen LogP contribution is -2.59. The van der Waals surface area contributed by atoms with Gasteiger partial charge in [0.1, 0.15) is 17.7 Å². The molecule has 5 rings (SSSR count). The van der Waals surface area contributed by atoms with Crippen molar-refractivity contribution in [1.29, 1.82) is 0 Å². The van der Waals surface area contributed by atoms with E-state index in [9.17, 15) is 22.4 Å². The number of nitrogens with one attached hydrogen (secondary N) is 3.